The summed E-state index contributed by atoms with van der Waals surface area (Å²) in [5.41, 5.74) is 1.03. The van der Waals surface area contributed by atoms with Gasteiger partial charge in [0.2, 0.25) is 35.4 Å². The molecule has 2 aliphatic rings. The molecule has 2 fully saturated rings. The molecule has 0 bridgehead atoms. The van der Waals surface area contributed by atoms with E-state index in [0.717, 1.165) is 0 Å². The minimum Gasteiger partial charge on any atom is -0.445 e. The summed E-state index contributed by atoms with van der Waals surface area (Å²) in [6.07, 6.45) is -0.495. The van der Waals surface area contributed by atoms with Crippen LogP contribution in [0, 0.1) is 35.0 Å². The SMILES string of the molecule is CC[C@@H](C)[C@H]([C@H](CC(=O)N1CCC[C@@H]1[C@@H](OC)[C@H](C)C(=O)N[C@@H](C)[C@H](O)c1ccccc1)OC)N(C)C(=O)[C@H](NC(=O)[C@@H](C(C)C)N(C)C(=O)OCc1ccc(NC(=O)[C@@H](CCCCNC(C)=C2C(=O)CC(C)(C)CC2=O)NC(=O)[C@H](NC(=O)OC(C)(C)C)C(C)C)cc1)C(C)C. The van der Waals surface area contributed by atoms with Gasteiger partial charge >= 0.3 is 12.2 Å². The number of anilines is 1. The summed E-state index contributed by atoms with van der Waals surface area (Å²) in [5, 5.41) is 28.4. The summed E-state index contributed by atoms with van der Waals surface area (Å²) in [6.45, 7) is 29.3. The number of likely N-dealkylation sites (tertiary alicyclic amines) is 1. The van der Waals surface area contributed by atoms with Gasteiger partial charge < -0.3 is 65.8 Å². The molecule has 1 aliphatic carbocycles. The summed E-state index contributed by atoms with van der Waals surface area (Å²) in [6, 6.07) is 9.66. The normalized spacial score (nSPS) is 18.2. The van der Waals surface area contributed by atoms with E-state index in [1.54, 1.807) is 122 Å². The van der Waals surface area contributed by atoms with E-state index >= 15 is 0 Å². The first-order valence-corrected chi connectivity index (χ1v) is 34.4. The number of aliphatic hydroxyl groups is 1. The molecule has 0 aromatic heterocycles. The number of ketones is 2. The van der Waals surface area contributed by atoms with Crippen molar-refractivity contribution in [3.63, 3.8) is 0 Å². The molecule has 7 N–H and O–H groups in total. The number of rotatable bonds is 34. The first kappa shape index (κ1) is 82.0. The molecule has 1 aliphatic heterocycles. The van der Waals surface area contributed by atoms with Gasteiger partial charge in [-0.3, -0.25) is 43.3 Å². The van der Waals surface area contributed by atoms with Crippen molar-refractivity contribution < 1.29 is 72.0 Å². The summed E-state index contributed by atoms with van der Waals surface area (Å²) in [5.74, 6) is -5.19. The Balaban J connectivity index is 1.42. The lowest BCUT2D eigenvalue weighted by atomic mass is 9.73. The molecule has 0 unspecified atom stereocenters. The molecule has 12 atom stereocenters. The number of methoxy groups -OCH3 is 2. The molecule has 24 nitrogen and oxygen atoms in total. The Morgan fingerprint density at radius 2 is 1.34 bits per heavy atom. The highest BCUT2D eigenvalue weighted by Gasteiger charge is 2.45. The molecule has 0 spiro atoms. The van der Waals surface area contributed by atoms with Crippen LogP contribution in [0.3, 0.4) is 0 Å². The number of nitrogens with one attached hydrogen (secondary N) is 6. The maximum absolute atomic E-state index is 14.9. The Bertz CT molecular complexity index is 3000. The van der Waals surface area contributed by atoms with Crippen molar-refractivity contribution >= 4 is 64.9 Å². The number of unbranched alkanes of at least 4 members (excludes halogenated alkanes) is 1. The lowest BCUT2D eigenvalue weighted by molar-refractivity contribution is -0.148. The molecule has 2 aromatic rings. The number of nitrogens with zero attached hydrogens (tertiary/aromatic N) is 3. The molecule has 2 aromatic carbocycles. The number of hydrogen-bond acceptors (Lipinski definition) is 16. The van der Waals surface area contributed by atoms with E-state index in [2.05, 4.69) is 31.9 Å². The second-order valence-corrected chi connectivity index (χ2v) is 29.2. The molecule has 8 amide bonds. The highest BCUT2D eigenvalue weighted by Crippen LogP contribution is 2.35. The number of amides is 8. The van der Waals surface area contributed by atoms with Gasteiger partial charge in [-0.2, -0.15) is 0 Å². The predicted octanol–water partition coefficient (Wildman–Crippen LogP) is 8.54. The molecule has 0 radical (unpaired) electrons. The van der Waals surface area contributed by atoms with Crippen molar-refractivity contribution in [3.8, 4) is 0 Å². The van der Waals surface area contributed by atoms with Crippen LogP contribution in [0.1, 0.15) is 186 Å². The third-order valence-electron chi connectivity index (χ3n) is 18.4. The van der Waals surface area contributed by atoms with E-state index in [9.17, 15) is 53.1 Å². The van der Waals surface area contributed by atoms with Gasteiger partial charge in [0.15, 0.2) is 11.6 Å². The van der Waals surface area contributed by atoms with Gasteiger partial charge in [0, 0.05) is 65.6 Å². The van der Waals surface area contributed by atoms with Crippen LogP contribution in [0.25, 0.3) is 0 Å². The Labute approximate surface area is 575 Å². The smallest absolute Gasteiger partial charge is 0.410 e. The lowest BCUT2D eigenvalue weighted by Gasteiger charge is -2.41. The topological polar surface area (TPSA) is 310 Å². The number of alkyl carbamates (subject to hydrolysis) is 1. The lowest BCUT2D eigenvalue weighted by Crippen LogP contribution is -2.60. The number of benzene rings is 2. The maximum atomic E-state index is 14.9. The second kappa shape index (κ2) is 37.5. The fourth-order valence-electron chi connectivity index (χ4n) is 12.9. The van der Waals surface area contributed by atoms with Crippen LogP contribution in [0.4, 0.5) is 15.3 Å². The fraction of sp³-hybridized carbons (Fsp3) is 0.671. The fourth-order valence-corrected chi connectivity index (χ4v) is 12.9. The summed E-state index contributed by atoms with van der Waals surface area (Å²) in [7, 11) is 6.11. The zero-order chi connectivity index (χ0) is 73.0. The van der Waals surface area contributed by atoms with Crippen molar-refractivity contribution in [3.05, 3.63) is 77.0 Å². The Morgan fingerprint density at radius 3 is 1.89 bits per heavy atom. The zero-order valence-electron chi connectivity index (χ0n) is 61.3. The van der Waals surface area contributed by atoms with Gasteiger partial charge in [-0.05, 0) is 119 Å². The third kappa shape index (κ3) is 23.9. The summed E-state index contributed by atoms with van der Waals surface area (Å²) >= 11 is 0. The van der Waals surface area contributed by atoms with E-state index in [-0.39, 0.29) is 73.1 Å². The Hall–Kier alpha value is -7.44. The van der Waals surface area contributed by atoms with Gasteiger partial charge in [-0.25, -0.2) is 9.59 Å². The first-order valence-electron chi connectivity index (χ1n) is 34.4. The number of carbonyl (C=O) groups excluding carboxylic acids is 10. The minimum absolute atomic E-state index is 0.0883. The number of Topliss-reactive ketones (excluding diaryl/α,β-unsaturated/α-hetero) is 2. The minimum atomic E-state index is -1.08. The molecule has 1 saturated carbocycles. The van der Waals surface area contributed by atoms with Gasteiger partial charge in [0.1, 0.15) is 36.4 Å². The maximum Gasteiger partial charge on any atom is 0.410 e. The number of aliphatic hydroxyl groups excluding tert-OH is 1. The summed E-state index contributed by atoms with van der Waals surface area (Å²) < 4.78 is 23.2. The number of allylic oxidation sites excluding steroid dienone is 2. The molecule has 542 valence electrons. The van der Waals surface area contributed by atoms with Gasteiger partial charge in [0.05, 0.1) is 54.3 Å². The van der Waals surface area contributed by atoms with Gasteiger partial charge in [0.25, 0.3) is 0 Å². The van der Waals surface area contributed by atoms with Crippen LogP contribution < -0.4 is 31.9 Å². The third-order valence-corrected chi connectivity index (χ3v) is 18.4. The van der Waals surface area contributed by atoms with Gasteiger partial charge in [-0.15, -0.1) is 0 Å². The molecule has 1 heterocycles. The van der Waals surface area contributed by atoms with Crippen LogP contribution in [-0.4, -0.2) is 181 Å². The molecule has 97 heavy (non-hydrogen) atoms. The van der Waals surface area contributed by atoms with Crippen LogP contribution in [-0.2, 0) is 63.9 Å². The molecule has 1 saturated heterocycles. The van der Waals surface area contributed by atoms with E-state index in [0.29, 0.717) is 67.7 Å². The number of carbonyl (C=O) groups is 10. The second-order valence-electron chi connectivity index (χ2n) is 29.2. The number of hydrogen-bond donors (Lipinski definition) is 7. The molecule has 4 rings (SSSR count). The quantitative estimate of drug-likeness (QED) is 0.0196. The van der Waals surface area contributed by atoms with Crippen molar-refractivity contribution in [2.75, 3.05) is 46.7 Å². The average molecular weight is 1360 g/mol. The van der Waals surface area contributed by atoms with E-state index in [4.69, 9.17) is 18.9 Å². The standard InChI is InChI=1S/C73H115N9O15/c1-21-45(8)62(56(94-19)38-57(85)82-37-27-31-53(82)64(95-20)46(9)65(87)75-48(11)63(86)50-28-23-22-24-29-50)80(17)69(91)60(43(4)5)78-68(90)61(44(6)7)81(18)71(93)96-41-49-32-34-51(35-33-49)76-66(88)52(77-67(89)59(42(2)3)79-70(92)97-72(12,13)14)30-25-26-36-74-47(10)58-54(83)39-73(15,16)40-55(58)84/h22-24,28-29,32-35,42-46,48,52-53,56,59-64,74,86H,21,25-27,30-31,36-41H2,1-20H3,(H,75,87)(H,76,88)(H,77,89)(H,78,90)(H,79,92)/t45-,46+,48+,52-,53-,56+,59-,60-,61-,62-,63+,64+/m1/s1. The highest BCUT2D eigenvalue weighted by molar-refractivity contribution is 6.22. The monoisotopic (exact) mass is 1360 g/mol. The molecular formula is C73H115N9O15. The van der Waals surface area contributed by atoms with Crippen LogP contribution in [0.15, 0.2) is 65.9 Å². The molecular weight excluding hydrogens is 1240 g/mol. The van der Waals surface area contributed by atoms with Gasteiger partial charge in [-0.1, -0.05) is 125 Å². The first-order chi connectivity index (χ1) is 45.4. The Kier molecular flexibility index (Phi) is 31.7. The van der Waals surface area contributed by atoms with Crippen LogP contribution in [0.2, 0.25) is 0 Å². The van der Waals surface area contributed by atoms with Crippen molar-refractivity contribution in [1.29, 1.82) is 0 Å². The van der Waals surface area contributed by atoms with Crippen molar-refractivity contribution in [2.24, 2.45) is 35.0 Å². The van der Waals surface area contributed by atoms with E-state index in [1.807, 2.05) is 59.7 Å². The van der Waals surface area contributed by atoms with Crippen LogP contribution >= 0.6 is 0 Å². The summed E-state index contributed by atoms with van der Waals surface area (Å²) in [4.78, 5) is 142. The predicted molar refractivity (Wildman–Crippen MR) is 371 cm³/mol. The number of likely N-dealkylation sites (N-methyl/N-ethyl adjacent to an activating group) is 2. The number of ether oxygens (including phenoxy) is 4. The van der Waals surface area contributed by atoms with E-state index in [1.165, 1.54) is 26.2 Å². The molecule has 24 heteroatoms. The zero-order valence-corrected chi connectivity index (χ0v) is 61.3. The highest BCUT2D eigenvalue weighted by atomic mass is 16.6. The largest absolute Gasteiger partial charge is 0.445 e. The van der Waals surface area contributed by atoms with E-state index < -0.39 is 125 Å². The van der Waals surface area contributed by atoms with Crippen molar-refractivity contribution in [1.82, 2.24) is 41.3 Å². The van der Waals surface area contributed by atoms with Crippen LogP contribution in [0.5, 0.6) is 0 Å². The van der Waals surface area contributed by atoms with Crippen molar-refractivity contribution in [2.45, 2.75) is 241 Å². The Morgan fingerprint density at radius 1 is 0.732 bits per heavy atom. The average Bonchev–Trinajstić information content (AvgIpc) is 1.81.